The van der Waals surface area contributed by atoms with Gasteiger partial charge in [-0.1, -0.05) is 6.42 Å². The van der Waals surface area contributed by atoms with Crippen molar-refractivity contribution in [2.45, 2.75) is 58.0 Å². The van der Waals surface area contributed by atoms with E-state index in [-0.39, 0.29) is 23.7 Å². The van der Waals surface area contributed by atoms with Crippen molar-refractivity contribution in [3.63, 3.8) is 0 Å². The van der Waals surface area contributed by atoms with Gasteiger partial charge in [0.25, 0.3) is 0 Å². The predicted octanol–water partition coefficient (Wildman–Crippen LogP) is 2.07. The fourth-order valence-corrected chi connectivity index (χ4v) is 4.34. The number of rotatable bonds is 3. The van der Waals surface area contributed by atoms with Gasteiger partial charge in [0.2, 0.25) is 11.8 Å². The summed E-state index contributed by atoms with van der Waals surface area (Å²) in [6.07, 6.45) is 4.89. The summed E-state index contributed by atoms with van der Waals surface area (Å²) < 4.78 is 0. The van der Waals surface area contributed by atoms with Crippen LogP contribution in [0, 0.1) is 11.8 Å². The van der Waals surface area contributed by atoms with E-state index < -0.39 is 5.54 Å². The van der Waals surface area contributed by atoms with Crippen LogP contribution >= 0.6 is 0 Å². The standard InChI is InChI=1S/C19H29N5O2/c1-19(2)15-14(16(22-21-15)20-17(25)12-5-4-6-12)11-24(19)18(26)13-7-9-23(3)10-8-13/h12-13H,4-11H2,1-3H3,(H2,20,21,22,25). The third-order valence-corrected chi connectivity index (χ3v) is 6.52. The number of piperidine rings is 1. The lowest BCUT2D eigenvalue weighted by atomic mass is 9.85. The summed E-state index contributed by atoms with van der Waals surface area (Å²) in [5.41, 5.74) is 1.48. The molecule has 1 saturated carbocycles. The Morgan fingerprint density at radius 1 is 1.15 bits per heavy atom. The minimum absolute atomic E-state index is 0.0588. The summed E-state index contributed by atoms with van der Waals surface area (Å²) in [7, 11) is 2.11. The van der Waals surface area contributed by atoms with Crippen LogP contribution in [0.2, 0.25) is 0 Å². The molecule has 2 amide bonds. The molecule has 26 heavy (non-hydrogen) atoms. The normalized spacial score (nSPS) is 23.6. The number of nitrogens with zero attached hydrogens (tertiary/aromatic N) is 3. The second-order valence-corrected chi connectivity index (χ2v) is 8.60. The topological polar surface area (TPSA) is 81.3 Å². The molecule has 0 atom stereocenters. The molecule has 0 unspecified atom stereocenters. The van der Waals surface area contributed by atoms with Crippen LogP contribution in [0.3, 0.4) is 0 Å². The van der Waals surface area contributed by atoms with E-state index in [2.05, 4.69) is 41.3 Å². The number of hydrogen-bond donors (Lipinski definition) is 2. The monoisotopic (exact) mass is 359 g/mol. The van der Waals surface area contributed by atoms with Crippen LogP contribution in [0.15, 0.2) is 0 Å². The Balaban J connectivity index is 1.50. The van der Waals surface area contributed by atoms with E-state index in [1.54, 1.807) is 0 Å². The molecule has 0 bridgehead atoms. The van der Waals surface area contributed by atoms with E-state index in [0.717, 1.165) is 56.5 Å². The number of H-pyrrole nitrogens is 1. The molecular formula is C19H29N5O2. The van der Waals surface area contributed by atoms with Crippen LogP contribution in [0.25, 0.3) is 0 Å². The fourth-order valence-electron chi connectivity index (χ4n) is 4.34. The van der Waals surface area contributed by atoms with Gasteiger partial charge in [-0.25, -0.2) is 0 Å². The average molecular weight is 359 g/mol. The van der Waals surface area contributed by atoms with Crippen molar-refractivity contribution in [2.24, 2.45) is 11.8 Å². The van der Waals surface area contributed by atoms with Crippen molar-refractivity contribution in [1.29, 1.82) is 0 Å². The van der Waals surface area contributed by atoms with Gasteiger partial charge in [0, 0.05) is 17.4 Å². The maximum absolute atomic E-state index is 13.2. The first-order chi connectivity index (χ1) is 12.4. The Kier molecular flexibility index (Phi) is 4.29. The largest absolute Gasteiger partial charge is 0.327 e. The summed E-state index contributed by atoms with van der Waals surface area (Å²) in [6, 6.07) is 0. The first-order valence-electron chi connectivity index (χ1n) is 9.76. The minimum Gasteiger partial charge on any atom is -0.327 e. The van der Waals surface area contributed by atoms with Crippen molar-refractivity contribution in [3.05, 3.63) is 11.3 Å². The molecule has 0 spiro atoms. The highest BCUT2D eigenvalue weighted by Crippen LogP contribution is 2.42. The molecule has 142 valence electrons. The molecule has 4 rings (SSSR count). The lowest BCUT2D eigenvalue weighted by Crippen LogP contribution is -2.46. The smallest absolute Gasteiger partial charge is 0.228 e. The van der Waals surface area contributed by atoms with Gasteiger partial charge in [0.05, 0.1) is 17.8 Å². The zero-order valence-corrected chi connectivity index (χ0v) is 16.0. The van der Waals surface area contributed by atoms with Gasteiger partial charge >= 0.3 is 0 Å². The zero-order valence-electron chi connectivity index (χ0n) is 16.0. The van der Waals surface area contributed by atoms with E-state index in [1.807, 2.05) is 4.90 Å². The number of aromatic amines is 1. The number of amides is 2. The molecule has 1 saturated heterocycles. The number of nitrogens with one attached hydrogen (secondary N) is 2. The highest BCUT2D eigenvalue weighted by molar-refractivity contribution is 5.93. The van der Waals surface area contributed by atoms with Crippen LogP contribution in [0.5, 0.6) is 0 Å². The summed E-state index contributed by atoms with van der Waals surface area (Å²) in [5, 5.41) is 10.4. The van der Waals surface area contributed by atoms with E-state index >= 15 is 0 Å². The number of aromatic nitrogens is 2. The van der Waals surface area contributed by atoms with Gasteiger partial charge in [-0.2, -0.15) is 5.10 Å². The summed E-state index contributed by atoms with van der Waals surface area (Å²) in [6.45, 7) is 6.58. The quantitative estimate of drug-likeness (QED) is 0.866. The van der Waals surface area contributed by atoms with Gasteiger partial charge in [0.1, 0.15) is 0 Å². The Hall–Kier alpha value is -1.89. The molecule has 2 aliphatic heterocycles. The van der Waals surface area contributed by atoms with Gasteiger partial charge < -0.3 is 15.1 Å². The highest BCUT2D eigenvalue weighted by Gasteiger charge is 2.45. The van der Waals surface area contributed by atoms with Crippen LogP contribution in [-0.2, 0) is 21.7 Å². The Morgan fingerprint density at radius 2 is 1.85 bits per heavy atom. The molecule has 7 heteroatoms. The second kappa shape index (κ2) is 6.37. The summed E-state index contributed by atoms with van der Waals surface area (Å²) in [5.74, 6) is 1.10. The maximum Gasteiger partial charge on any atom is 0.228 e. The molecule has 0 aromatic carbocycles. The third kappa shape index (κ3) is 2.82. The van der Waals surface area contributed by atoms with Crippen molar-refractivity contribution in [1.82, 2.24) is 20.0 Å². The first-order valence-corrected chi connectivity index (χ1v) is 9.76. The van der Waals surface area contributed by atoms with Crippen molar-refractivity contribution < 1.29 is 9.59 Å². The molecular weight excluding hydrogens is 330 g/mol. The maximum atomic E-state index is 13.2. The predicted molar refractivity (Wildman–Crippen MR) is 98.4 cm³/mol. The van der Waals surface area contributed by atoms with Crippen LogP contribution in [-0.4, -0.2) is 51.9 Å². The molecule has 0 radical (unpaired) electrons. The van der Waals surface area contributed by atoms with Gasteiger partial charge in [-0.05, 0) is 59.7 Å². The van der Waals surface area contributed by atoms with Gasteiger partial charge in [-0.15, -0.1) is 0 Å². The van der Waals surface area contributed by atoms with Crippen molar-refractivity contribution in [3.8, 4) is 0 Å². The third-order valence-electron chi connectivity index (χ3n) is 6.52. The fraction of sp³-hybridized carbons (Fsp3) is 0.737. The van der Waals surface area contributed by atoms with Crippen LogP contribution < -0.4 is 5.32 Å². The van der Waals surface area contributed by atoms with Crippen LogP contribution in [0.1, 0.15) is 57.2 Å². The zero-order chi connectivity index (χ0) is 18.5. The Labute approximate surface area is 154 Å². The average Bonchev–Trinajstić information content (AvgIpc) is 3.05. The lowest BCUT2D eigenvalue weighted by Gasteiger charge is -2.37. The Morgan fingerprint density at radius 3 is 2.46 bits per heavy atom. The molecule has 1 aliphatic carbocycles. The molecule has 3 aliphatic rings. The van der Waals surface area contributed by atoms with Gasteiger partial charge in [0.15, 0.2) is 5.82 Å². The van der Waals surface area contributed by atoms with Crippen molar-refractivity contribution in [2.75, 3.05) is 25.5 Å². The second-order valence-electron chi connectivity index (χ2n) is 8.60. The molecule has 1 aromatic heterocycles. The summed E-state index contributed by atoms with van der Waals surface area (Å²) in [4.78, 5) is 29.7. The number of fused-ring (bicyclic) bond motifs is 1. The molecule has 2 N–H and O–H groups in total. The number of likely N-dealkylation sites (tertiary alicyclic amines) is 1. The first kappa shape index (κ1) is 17.5. The number of anilines is 1. The molecule has 3 heterocycles. The minimum atomic E-state index is -0.428. The van der Waals surface area contributed by atoms with Crippen LogP contribution in [0.4, 0.5) is 5.82 Å². The SMILES string of the molecule is CN1CCC(C(=O)N2Cc3c(NC(=O)C4CCC4)n[nH]c3C2(C)C)CC1. The van der Waals surface area contributed by atoms with E-state index in [0.29, 0.717) is 12.4 Å². The highest BCUT2D eigenvalue weighted by atomic mass is 16.2. The number of carbonyl (C=O) groups is 2. The van der Waals surface area contributed by atoms with E-state index in [4.69, 9.17) is 0 Å². The summed E-state index contributed by atoms with van der Waals surface area (Å²) >= 11 is 0. The number of carbonyl (C=O) groups excluding carboxylic acids is 2. The van der Waals surface area contributed by atoms with E-state index in [1.165, 1.54) is 0 Å². The van der Waals surface area contributed by atoms with Gasteiger partial charge in [-0.3, -0.25) is 14.7 Å². The Bertz CT molecular complexity index is 714. The van der Waals surface area contributed by atoms with E-state index in [9.17, 15) is 9.59 Å². The molecule has 7 nitrogen and oxygen atoms in total. The molecule has 2 fully saturated rings. The lowest BCUT2D eigenvalue weighted by molar-refractivity contribution is -0.142. The molecule has 1 aromatic rings. The number of hydrogen-bond acceptors (Lipinski definition) is 4. The van der Waals surface area contributed by atoms with Crippen molar-refractivity contribution >= 4 is 17.6 Å².